The molecule has 1 atom stereocenters. The van der Waals surface area contributed by atoms with Crippen molar-refractivity contribution in [2.24, 2.45) is 5.92 Å². The third kappa shape index (κ3) is 4.00. The molecule has 21 heavy (non-hydrogen) atoms. The summed E-state index contributed by atoms with van der Waals surface area (Å²) in [5.74, 6) is -0.381. The largest absolute Gasteiger partial charge is 0.478 e. The number of carboxylic acids is 1. The van der Waals surface area contributed by atoms with E-state index in [0.717, 1.165) is 25.7 Å². The fourth-order valence-electron chi connectivity index (χ4n) is 2.80. The zero-order valence-electron chi connectivity index (χ0n) is 12.3. The Balaban J connectivity index is 2.08. The molecule has 1 aliphatic rings. The van der Waals surface area contributed by atoms with Crippen molar-refractivity contribution in [1.82, 2.24) is 14.9 Å². The zero-order chi connectivity index (χ0) is 15.2. The van der Waals surface area contributed by atoms with E-state index in [-0.39, 0.29) is 18.0 Å². The number of nitrogens with zero attached hydrogens (tertiary/aromatic N) is 3. The molecule has 0 radical (unpaired) electrons. The molecule has 1 saturated heterocycles. The van der Waals surface area contributed by atoms with E-state index >= 15 is 0 Å². The van der Waals surface area contributed by atoms with Crippen molar-refractivity contribution in [1.29, 1.82) is 0 Å². The molecule has 6 nitrogen and oxygen atoms in total. The van der Waals surface area contributed by atoms with Crippen LogP contribution in [0.25, 0.3) is 0 Å². The Morgan fingerprint density at radius 1 is 1.48 bits per heavy atom. The van der Waals surface area contributed by atoms with Crippen LogP contribution in [0.2, 0.25) is 0 Å². The minimum atomic E-state index is -1.06. The van der Waals surface area contributed by atoms with Gasteiger partial charge in [0, 0.05) is 19.2 Å². The number of aromatic nitrogens is 2. The van der Waals surface area contributed by atoms with Gasteiger partial charge in [0.15, 0.2) is 0 Å². The van der Waals surface area contributed by atoms with E-state index < -0.39 is 5.97 Å². The number of carboxylic acid groups (broad SMARTS) is 1. The van der Waals surface area contributed by atoms with E-state index in [0.29, 0.717) is 24.6 Å². The van der Waals surface area contributed by atoms with E-state index in [2.05, 4.69) is 16.9 Å². The van der Waals surface area contributed by atoms with Crippen molar-refractivity contribution in [3.8, 4) is 0 Å². The van der Waals surface area contributed by atoms with E-state index in [1.807, 2.05) is 0 Å². The summed E-state index contributed by atoms with van der Waals surface area (Å²) in [5, 5.41) is 9.15. The maximum absolute atomic E-state index is 12.2. The molecule has 1 aromatic heterocycles. The summed E-state index contributed by atoms with van der Waals surface area (Å²) in [5.41, 5.74) is 0.472. The first kappa shape index (κ1) is 15.4. The van der Waals surface area contributed by atoms with Gasteiger partial charge in [-0.1, -0.05) is 19.8 Å². The van der Waals surface area contributed by atoms with Crippen LogP contribution in [0.4, 0.5) is 0 Å². The lowest BCUT2D eigenvalue weighted by Gasteiger charge is -2.21. The average molecular weight is 291 g/mol. The molecule has 0 spiro atoms. The van der Waals surface area contributed by atoms with E-state index in [1.165, 1.54) is 12.5 Å². The standard InChI is InChI=1S/C15H21N3O3/c1-2-3-11-4-5-14(19)18(7-6-11)9-13-12(15(20)21)8-16-10-17-13/h8,10-11H,2-7,9H2,1H3,(H,20,21). The highest BCUT2D eigenvalue weighted by atomic mass is 16.4. The minimum absolute atomic E-state index is 0.0691. The number of hydrogen-bond acceptors (Lipinski definition) is 4. The Kier molecular flexibility index (Phi) is 5.25. The van der Waals surface area contributed by atoms with E-state index in [4.69, 9.17) is 5.11 Å². The molecular formula is C15H21N3O3. The molecule has 1 unspecified atom stereocenters. The molecule has 2 heterocycles. The van der Waals surface area contributed by atoms with Crippen LogP contribution >= 0.6 is 0 Å². The van der Waals surface area contributed by atoms with Crippen molar-refractivity contribution >= 4 is 11.9 Å². The van der Waals surface area contributed by atoms with Crippen LogP contribution in [0.1, 0.15) is 55.1 Å². The molecule has 6 heteroatoms. The van der Waals surface area contributed by atoms with Crippen LogP contribution in [0.3, 0.4) is 0 Å². The van der Waals surface area contributed by atoms with Crippen molar-refractivity contribution in [3.05, 3.63) is 23.8 Å². The normalized spacial score (nSPS) is 19.4. The predicted octanol–water partition coefficient (Wildman–Crippen LogP) is 2.10. The fourth-order valence-corrected chi connectivity index (χ4v) is 2.80. The summed E-state index contributed by atoms with van der Waals surface area (Å²) in [6.45, 7) is 3.08. The van der Waals surface area contributed by atoms with Crippen molar-refractivity contribution in [3.63, 3.8) is 0 Å². The molecular weight excluding hydrogens is 270 g/mol. The second kappa shape index (κ2) is 7.15. The molecule has 114 valence electrons. The van der Waals surface area contributed by atoms with Gasteiger partial charge in [0.25, 0.3) is 0 Å². The van der Waals surface area contributed by atoms with Gasteiger partial charge in [-0.25, -0.2) is 14.8 Å². The Bertz CT molecular complexity index is 519. The third-order valence-corrected chi connectivity index (χ3v) is 3.99. The molecule has 0 aromatic carbocycles. The number of rotatable bonds is 5. The molecule has 0 aliphatic carbocycles. The van der Waals surface area contributed by atoms with Crippen molar-refractivity contribution in [2.45, 2.75) is 45.6 Å². The highest BCUT2D eigenvalue weighted by Gasteiger charge is 2.24. The highest BCUT2D eigenvalue weighted by Crippen LogP contribution is 2.23. The molecule has 1 N–H and O–H groups in total. The summed E-state index contributed by atoms with van der Waals surface area (Å²) >= 11 is 0. The number of aromatic carboxylic acids is 1. The average Bonchev–Trinajstić information content (AvgIpc) is 2.64. The van der Waals surface area contributed by atoms with E-state index in [1.54, 1.807) is 4.90 Å². The lowest BCUT2D eigenvalue weighted by molar-refractivity contribution is -0.131. The molecule has 0 bridgehead atoms. The topological polar surface area (TPSA) is 83.4 Å². The Labute approximate surface area is 124 Å². The number of amides is 1. The molecule has 1 aliphatic heterocycles. The molecule has 2 rings (SSSR count). The third-order valence-electron chi connectivity index (χ3n) is 3.99. The second-order valence-electron chi connectivity index (χ2n) is 5.49. The molecule has 1 aromatic rings. The molecule has 0 saturated carbocycles. The lowest BCUT2D eigenvalue weighted by Crippen LogP contribution is -2.31. The summed E-state index contributed by atoms with van der Waals surface area (Å²) < 4.78 is 0. The van der Waals surface area contributed by atoms with E-state index in [9.17, 15) is 9.59 Å². The van der Waals surface area contributed by atoms with Gasteiger partial charge in [0.2, 0.25) is 5.91 Å². The molecule has 1 amide bonds. The van der Waals surface area contributed by atoms with Gasteiger partial charge in [-0.05, 0) is 18.8 Å². The monoisotopic (exact) mass is 291 g/mol. The van der Waals surface area contributed by atoms with Gasteiger partial charge in [-0.2, -0.15) is 0 Å². The van der Waals surface area contributed by atoms with Crippen LogP contribution in [0.15, 0.2) is 12.5 Å². The predicted molar refractivity (Wildman–Crippen MR) is 76.7 cm³/mol. The first-order chi connectivity index (χ1) is 10.1. The van der Waals surface area contributed by atoms with Gasteiger partial charge in [0.05, 0.1) is 12.2 Å². The lowest BCUT2D eigenvalue weighted by atomic mass is 9.96. The second-order valence-corrected chi connectivity index (χ2v) is 5.49. The smallest absolute Gasteiger partial charge is 0.339 e. The summed E-state index contributed by atoms with van der Waals surface area (Å²) in [6, 6.07) is 0. The van der Waals surface area contributed by atoms with Crippen molar-refractivity contribution in [2.75, 3.05) is 6.54 Å². The maximum Gasteiger partial charge on any atom is 0.339 e. The Morgan fingerprint density at radius 2 is 2.29 bits per heavy atom. The van der Waals surface area contributed by atoms with Gasteiger partial charge in [-0.15, -0.1) is 0 Å². The van der Waals surface area contributed by atoms with Gasteiger partial charge in [-0.3, -0.25) is 4.79 Å². The SMILES string of the molecule is CCCC1CCC(=O)N(Cc2ncncc2C(=O)O)CC1. The van der Waals surface area contributed by atoms with Crippen LogP contribution in [0, 0.1) is 5.92 Å². The number of hydrogen-bond donors (Lipinski definition) is 1. The Hall–Kier alpha value is -1.98. The van der Waals surface area contributed by atoms with Crippen LogP contribution < -0.4 is 0 Å². The zero-order valence-corrected chi connectivity index (χ0v) is 12.3. The highest BCUT2D eigenvalue weighted by molar-refractivity contribution is 5.88. The Morgan fingerprint density at radius 3 is 3.00 bits per heavy atom. The summed E-state index contributed by atoms with van der Waals surface area (Å²) in [7, 11) is 0. The maximum atomic E-state index is 12.2. The first-order valence-electron chi connectivity index (χ1n) is 7.41. The summed E-state index contributed by atoms with van der Waals surface area (Å²) in [6.07, 6.45) is 7.34. The fraction of sp³-hybridized carbons (Fsp3) is 0.600. The summed E-state index contributed by atoms with van der Waals surface area (Å²) in [4.78, 5) is 32.8. The minimum Gasteiger partial charge on any atom is -0.478 e. The van der Waals surface area contributed by atoms with Crippen LogP contribution in [-0.4, -0.2) is 38.4 Å². The van der Waals surface area contributed by atoms with Crippen LogP contribution in [0.5, 0.6) is 0 Å². The number of likely N-dealkylation sites (tertiary alicyclic amines) is 1. The van der Waals surface area contributed by atoms with Crippen molar-refractivity contribution < 1.29 is 14.7 Å². The van der Waals surface area contributed by atoms with Gasteiger partial charge in [0.1, 0.15) is 11.9 Å². The van der Waals surface area contributed by atoms with Gasteiger partial charge < -0.3 is 10.0 Å². The first-order valence-corrected chi connectivity index (χ1v) is 7.41. The number of carbonyl (C=O) groups is 2. The number of carbonyl (C=O) groups excluding carboxylic acids is 1. The van der Waals surface area contributed by atoms with Crippen LogP contribution in [-0.2, 0) is 11.3 Å². The van der Waals surface area contributed by atoms with Gasteiger partial charge >= 0.3 is 5.97 Å². The quantitative estimate of drug-likeness (QED) is 0.898. The molecule has 1 fully saturated rings.